The Morgan fingerprint density at radius 1 is 1.12 bits per heavy atom. The van der Waals surface area contributed by atoms with Crippen LogP contribution in [0.3, 0.4) is 0 Å². The van der Waals surface area contributed by atoms with Gasteiger partial charge in [-0.1, -0.05) is 25.7 Å². The van der Waals surface area contributed by atoms with Crippen molar-refractivity contribution >= 4 is 5.91 Å². The Morgan fingerprint density at radius 3 is 2.44 bits per heavy atom. The molecule has 0 saturated heterocycles. The minimum Gasteiger partial charge on any atom is -0.396 e. The first-order chi connectivity index (χ1) is 7.84. The van der Waals surface area contributed by atoms with E-state index >= 15 is 0 Å². The minimum atomic E-state index is 0.118. The molecule has 90 valence electrons. The first-order valence-corrected chi connectivity index (χ1v) is 5.96. The Labute approximate surface area is 96.3 Å². The zero-order chi connectivity index (χ0) is 11.6. The van der Waals surface area contributed by atoms with Crippen molar-refractivity contribution in [3.05, 3.63) is 18.7 Å². The van der Waals surface area contributed by atoms with Gasteiger partial charge < -0.3 is 5.11 Å². The molecule has 0 saturated carbocycles. The summed E-state index contributed by atoms with van der Waals surface area (Å²) in [6.07, 6.45) is 11.8. The Balaban J connectivity index is 1.97. The summed E-state index contributed by atoms with van der Waals surface area (Å²) in [6.45, 7) is 0.291. The first-order valence-electron chi connectivity index (χ1n) is 5.96. The second-order valence-electron chi connectivity index (χ2n) is 3.96. The summed E-state index contributed by atoms with van der Waals surface area (Å²) in [5.41, 5.74) is 0. The summed E-state index contributed by atoms with van der Waals surface area (Å²) in [4.78, 5) is 15.4. The number of rotatable bonds is 8. The number of unbranched alkanes of at least 4 members (excludes halogenated alkanes) is 5. The van der Waals surface area contributed by atoms with E-state index in [4.69, 9.17) is 5.11 Å². The van der Waals surface area contributed by atoms with E-state index in [1.165, 1.54) is 4.57 Å². The summed E-state index contributed by atoms with van der Waals surface area (Å²) >= 11 is 0. The maximum absolute atomic E-state index is 11.5. The molecular formula is C12H20N2O2. The molecule has 0 spiro atoms. The van der Waals surface area contributed by atoms with E-state index in [-0.39, 0.29) is 5.91 Å². The van der Waals surface area contributed by atoms with E-state index in [0.717, 1.165) is 38.5 Å². The predicted octanol–water partition coefficient (Wildman–Crippen LogP) is 2.25. The summed E-state index contributed by atoms with van der Waals surface area (Å²) in [5, 5.41) is 8.59. The molecule has 4 nitrogen and oxygen atoms in total. The number of hydrogen-bond donors (Lipinski definition) is 1. The second-order valence-corrected chi connectivity index (χ2v) is 3.96. The van der Waals surface area contributed by atoms with Crippen LogP contribution in [0.15, 0.2) is 18.7 Å². The topological polar surface area (TPSA) is 55.1 Å². The maximum atomic E-state index is 11.5. The minimum absolute atomic E-state index is 0.118. The monoisotopic (exact) mass is 224 g/mol. The summed E-state index contributed by atoms with van der Waals surface area (Å²) in [5.74, 6) is 0.118. The lowest BCUT2D eigenvalue weighted by molar-refractivity contribution is 0.0899. The SMILES string of the molecule is O=C(CCCCCCCCO)n1ccnc1. The average Bonchev–Trinajstić information content (AvgIpc) is 2.81. The van der Waals surface area contributed by atoms with Crippen molar-refractivity contribution in [3.63, 3.8) is 0 Å². The van der Waals surface area contributed by atoms with Gasteiger partial charge in [0.2, 0.25) is 5.91 Å². The molecule has 1 aromatic heterocycles. The number of aromatic nitrogens is 2. The van der Waals surface area contributed by atoms with Crippen LogP contribution >= 0.6 is 0 Å². The maximum Gasteiger partial charge on any atom is 0.231 e. The molecular weight excluding hydrogens is 204 g/mol. The van der Waals surface area contributed by atoms with Gasteiger partial charge in [0.15, 0.2) is 0 Å². The van der Waals surface area contributed by atoms with Crippen molar-refractivity contribution in [2.45, 2.75) is 44.9 Å². The Morgan fingerprint density at radius 2 is 1.81 bits per heavy atom. The quantitative estimate of drug-likeness (QED) is 0.689. The van der Waals surface area contributed by atoms with Crippen LogP contribution in [0.2, 0.25) is 0 Å². The number of carbonyl (C=O) groups is 1. The summed E-state index contributed by atoms with van der Waals surface area (Å²) in [6, 6.07) is 0. The van der Waals surface area contributed by atoms with Crippen molar-refractivity contribution in [3.8, 4) is 0 Å². The highest BCUT2D eigenvalue weighted by molar-refractivity contribution is 5.78. The van der Waals surface area contributed by atoms with E-state index in [1.54, 1.807) is 18.7 Å². The normalized spacial score (nSPS) is 10.6. The van der Waals surface area contributed by atoms with Gasteiger partial charge in [-0.3, -0.25) is 9.36 Å². The van der Waals surface area contributed by atoms with Crippen molar-refractivity contribution in [1.29, 1.82) is 0 Å². The highest BCUT2D eigenvalue weighted by atomic mass is 16.2. The number of carbonyl (C=O) groups excluding carboxylic acids is 1. The van der Waals surface area contributed by atoms with Gasteiger partial charge in [0, 0.05) is 25.4 Å². The molecule has 0 aliphatic rings. The molecule has 0 aliphatic carbocycles. The van der Waals surface area contributed by atoms with E-state index < -0.39 is 0 Å². The van der Waals surface area contributed by atoms with Crippen LogP contribution in [0.4, 0.5) is 0 Å². The molecule has 1 rings (SSSR count). The van der Waals surface area contributed by atoms with Gasteiger partial charge in [-0.2, -0.15) is 0 Å². The van der Waals surface area contributed by atoms with Gasteiger partial charge >= 0.3 is 0 Å². The second kappa shape index (κ2) is 8.05. The lowest BCUT2D eigenvalue weighted by atomic mass is 10.1. The molecule has 0 radical (unpaired) electrons. The van der Waals surface area contributed by atoms with Crippen molar-refractivity contribution in [2.75, 3.05) is 6.61 Å². The van der Waals surface area contributed by atoms with Gasteiger partial charge in [-0.05, 0) is 12.8 Å². The van der Waals surface area contributed by atoms with Crippen LogP contribution < -0.4 is 0 Å². The third-order valence-electron chi connectivity index (χ3n) is 2.59. The lowest BCUT2D eigenvalue weighted by Crippen LogP contribution is -2.07. The van der Waals surface area contributed by atoms with E-state index in [2.05, 4.69) is 4.98 Å². The zero-order valence-electron chi connectivity index (χ0n) is 9.64. The standard InChI is InChI=1S/C12H20N2O2/c15-10-6-4-2-1-3-5-7-12(16)14-9-8-13-11-14/h8-9,11,15H,1-7,10H2. The molecule has 1 N–H and O–H groups in total. The van der Waals surface area contributed by atoms with Crippen LogP contribution in [0.25, 0.3) is 0 Å². The van der Waals surface area contributed by atoms with Gasteiger partial charge in [0.1, 0.15) is 6.33 Å². The number of aliphatic hydroxyl groups excluding tert-OH is 1. The fourth-order valence-electron chi connectivity index (χ4n) is 1.63. The number of hydrogen-bond acceptors (Lipinski definition) is 3. The summed E-state index contributed by atoms with van der Waals surface area (Å²) in [7, 11) is 0. The largest absolute Gasteiger partial charge is 0.396 e. The van der Waals surface area contributed by atoms with Crippen LogP contribution in [-0.4, -0.2) is 27.2 Å². The fourth-order valence-corrected chi connectivity index (χ4v) is 1.63. The Kier molecular flexibility index (Phi) is 6.49. The molecule has 0 fully saturated rings. The van der Waals surface area contributed by atoms with E-state index in [9.17, 15) is 4.79 Å². The zero-order valence-corrected chi connectivity index (χ0v) is 9.64. The van der Waals surface area contributed by atoms with Crippen molar-refractivity contribution in [2.24, 2.45) is 0 Å². The molecule has 0 bridgehead atoms. The molecule has 0 aliphatic heterocycles. The smallest absolute Gasteiger partial charge is 0.231 e. The van der Waals surface area contributed by atoms with Crippen molar-refractivity contribution in [1.82, 2.24) is 9.55 Å². The van der Waals surface area contributed by atoms with E-state index in [0.29, 0.717) is 13.0 Å². The molecule has 1 aromatic rings. The lowest BCUT2D eigenvalue weighted by Gasteiger charge is -2.01. The van der Waals surface area contributed by atoms with Crippen LogP contribution in [0, 0.1) is 0 Å². The molecule has 4 heteroatoms. The van der Waals surface area contributed by atoms with Crippen LogP contribution in [-0.2, 0) is 0 Å². The van der Waals surface area contributed by atoms with E-state index in [1.807, 2.05) is 0 Å². The van der Waals surface area contributed by atoms with Gasteiger partial charge in [0.25, 0.3) is 0 Å². The van der Waals surface area contributed by atoms with Gasteiger partial charge in [0.05, 0.1) is 0 Å². The summed E-state index contributed by atoms with van der Waals surface area (Å²) < 4.78 is 1.53. The number of nitrogens with zero attached hydrogens (tertiary/aromatic N) is 2. The average molecular weight is 224 g/mol. The van der Waals surface area contributed by atoms with Crippen LogP contribution in [0.1, 0.15) is 49.7 Å². The van der Waals surface area contributed by atoms with Crippen molar-refractivity contribution < 1.29 is 9.90 Å². The molecule has 0 atom stereocenters. The highest BCUT2D eigenvalue weighted by Crippen LogP contribution is 2.07. The third-order valence-corrected chi connectivity index (χ3v) is 2.59. The molecule has 0 aromatic carbocycles. The molecule has 0 unspecified atom stereocenters. The Hall–Kier alpha value is -1.16. The van der Waals surface area contributed by atoms with Crippen LogP contribution in [0.5, 0.6) is 0 Å². The van der Waals surface area contributed by atoms with Gasteiger partial charge in [-0.15, -0.1) is 0 Å². The number of imidazole rings is 1. The first kappa shape index (κ1) is 12.9. The number of aliphatic hydroxyl groups is 1. The van der Waals surface area contributed by atoms with Gasteiger partial charge in [-0.25, -0.2) is 4.98 Å². The predicted molar refractivity (Wildman–Crippen MR) is 62.3 cm³/mol. The molecule has 1 heterocycles. The fraction of sp³-hybridized carbons (Fsp3) is 0.667. The third kappa shape index (κ3) is 5.07. The Bertz CT molecular complexity index is 283. The molecule has 16 heavy (non-hydrogen) atoms. The molecule has 0 amide bonds. The highest BCUT2D eigenvalue weighted by Gasteiger charge is 2.02.